The minimum atomic E-state index is -0.415. The van der Waals surface area contributed by atoms with Crippen LogP contribution in [0.3, 0.4) is 0 Å². The molecular formula is C13H13N5O. The number of nitrogens with one attached hydrogen (secondary N) is 1. The van der Waals surface area contributed by atoms with E-state index in [2.05, 4.69) is 21.5 Å². The van der Waals surface area contributed by atoms with Gasteiger partial charge in [-0.25, -0.2) is 9.67 Å². The summed E-state index contributed by atoms with van der Waals surface area (Å²) in [5.74, 6) is -0.145. The first-order chi connectivity index (χ1) is 9.20. The van der Waals surface area contributed by atoms with Crippen LogP contribution in [0.2, 0.25) is 0 Å². The van der Waals surface area contributed by atoms with E-state index in [0.29, 0.717) is 12.1 Å². The molecule has 0 aliphatic rings. The van der Waals surface area contributed by atoms with Crippen molar-refractivity contribution in [1.82, 2.24) is 20.1 Å². The van der Waals surface area contributed by atoms with Crippen molar-refractivity contribution in [3.8, 4) is 6.07 Å². The Morgan fingerprint density at radius 1 is 1.58 bits per heavy atom. The summed E-state index contributed by atoms with van der Waals surface area (Å²) in [5.41, 5.74) is 1.47. The van der Waals surface area contributed by atoms with Gasteiger partial charge < -0.3 is 5.32 Å². The summed E-state index contributed by atoms with van der Waals surface area (Å²) >= 11 is 0. The Morgan fingerprint density at radius 2 is 2.42 bits per heavy atom. The van der Waals surface area contributed by atoms with E-state index in [-0.39, 0.29) is 5.91 Å². The van der Waals surface area contributed by atoms with Gasteiger partial charge in [-0.05, 0) is 24.6 Å². The van der Waals surface area contributed by atoms with E-state index in [1.807, 2.05) is 6.07 Å². The van der Waals surface area contributed by atoms with E-state index in [1.165, 1.54) is 17.3 Å². The van der Waals surface area contributed by atoms with Crippen molar-refractivity contribution in [2.75, 3.05) is 0 Å². The maximum absolute atomic E-state index is 11.9. The van der Waals surface area contributed by atoms with Gasteiger partial charge in [-0.15, -0.1) is 0 Å². The Balaban J connectivity index is 1.95. The van der Waals surface area contributed by atoms with E-state index in [4.69, 9.17) is 5.26 Å². The first-order valence-corrected chi connectivity index (χ1v) is 5.81. The van der Waals surface area contributed by atoms with Gasteiger partial charge in [0.25, 0.3) is 0 Å². The van der Waals surface area contributed by atoms with Gasteiger partial charge >= 0.3 is 0 Å². The van der Waals surface area contributed by atoms with E-state index >= 15 is 0 Å². The molecule has 96 valence electrons. The smallest absolute Gasteiger partial charge is 0.244 e. The van der Waals surface area contributed by atoms with Gasteiger partial charge in [-0.1, -0.05) is 12.1 Å². The third kappa shape index (κ3) is 3.16. The first kappa shape index (κ1) is 12.8. The third-order valence-electron chi connectivity index (χ3n) is 2.74. The molecule has 0 saturated heterocycles. The van der Waals surface area contributed by atoms with Gasteiger partial charge in [0.15, 0.2) is 0 Å². The predicted molar refractivity (Wildman–Crippen MR) is 67.7 cm³/mol. The standard InChI is InChI=1S/C13H13N5O/c1-10(18-9-15-8-17-18)13(19)16-7-12-4-2-3-11(5-12)6-14/h2-5,8-10H,7H2,1H3,(H,16,19)/t10-/m0/s1. The molecule has 2 aromatic rings. The lowest BCUT2D eigenvalue weighted by Crippen LogP contribution is -2.30. The van der Waals surface area contributed by atoms with Gasteiger partial charge in [-0.3, -0.25) is 4.79 Å². The molecule has 0 aliphatic carbocycles. The van der Waals surface area contributed by atoms with Crippen molar-refractivity contribution in [2.24, 2.45) is 0 Å². The Morgan fingerprint density at radius 3 is 3.11 bits per heavy atom. The van der Waals surface area contributed by atoms with Crippen LogP contribution in [0.5, 0.6) is 0 Å². The van der Waals surface area contributed by atoms with Crippen molar-refractivity contribution < 1.29 is 4.79 Å². The highest BCUT2D eigenvalue weighted by molar-refractivity contribution is 5.79. The molecule has 6 nitrogen and oxygen atoms in total. The highest BCUT2D eigenvalue weighted by Gasteiger charge is 2.14. The predicted octanol–water partition coefficient (Wildman–Crippen LogP) is 1.03. The van der Waals surface area contributed by atoms with Crippen molar-refractivity contribution >= 4 is 5.91 Å². The number of amides is 1. The number of rotatable bonds is 4. The van der Waals surface area contributed by atoms with Crippen LogP contribution in [-0.4, -0.2) is 20.7 Å². The maximum Gasteiger partial charge on any atom is 0.244 e. The lowest BCUT2D eigenvalue weighted by molar-refractivity contribution is -0.124. The van der Waals surface area contributed by atoms with Crippen LogP contribution in [0.1, 0.15) is 24.1 Å². The molecule has 1 aromatic carbocycles. The van der Waals surface area contributed by atoms with Crippen LogP contribution in [0.25, 0.3) is 0 Å². The molecule has 0 unspecified atom stereocenters. The zero-order valence-corrected chi connectivity index (χ0v) is 10.4. The zero-order chi connectivity index (χ0) is 13.7. The summed E-state index contributed by atoms with van der Waals surface area (Å²) in [5, 5.41) is 15.5. The number of nitrogens with zero attached hydrogens (tertiary/aromatic N) is 4. The molecule has 0 aliphatic heterocycles. The summed E-state index contributed by atoms with van der Waals surface area (Å²) in [7, 11) is 0. The SMILES string of the molecule is C[C@@H](C(=O)NCc1cccc(C#N)c1)n1cncn1. The first-order valence-electron chi connectivity index (χ1n) is 5.81. The Bertz CT molecular complexity index is 600. The monoisotopic (exact) mass is 255 g/mol. The molecule has 0 fully saturated rings. The summed E-state index contributed by atoms with van der Waals surface area (Å²) in [4.78, 5) is 15.7. The highest BCUT2D eigenvalue weighted by atomic mass is 16.2. The second-order valence-electron chi connectivity index (χ2n) is 4.08. The molecule has 0 spiro atoms. The van der Waals surface area contributed by atoms with Gasteiger partial charge in [0.1, 0.15) is 18.7 Å². The molecule has 0 bridgehead atoms. The van der Waals surface area contributed by atoms with E-state index in [0.717, 1.165) is 5.56 Å². The van der Waals surface area contributed by atoms with Crippen LogP contribution in [0.15, 0.2) is 36.9 Å². The second kappa shape index (κ2) is 5.78. The number of carbonyl (C=O) groups is 1. The molecule has 19 heavy (non-hydrogen) atoms. The number of nitriles is 1. The molecule has 2 rings (SSSR count). The molecule has 0 saturated carbocycles. The molecule has 1 amide bonds. The van der Waals surface area contributed by atoms with Crippen LogP contribution in [-0.2, 0) is 11.3 Å². The van der Waals surface area contributed by atoms with Gasteiger partial charge in [0.2, 0.25) is 5.91 Å². The molecule has 0 radical (unpaired) electrons. The van der Waals surface area contributed by atoms with Crippen molar-refractivity contribution in [3.63, 3.8) is 0 Å². The third-order valence-corrected chi connectivity index (χ3v) is 2.74. The lowest BCUT2D eigenvalue weighted by atomic mass is 10.1. The van der Waals surface area contributed by atoms with Crippen molar-refractivity contribution in [1.29, 1.82) is 5.26 Å². The summed E-state index contributed by atoms with van der Waals surface area (Å²) in [6.07, 6.45) is 2.89. The quantitative estimate of drug-likeness (QED) is 0.884. The largest absolute Gasteiger partial charge is 0.350 e. The fourth-order valence-corrected chi connectivity index (χ4v) is 1.63. The van der Waals surface area contributed by atoms with Crippen molar-refractivity contribution in [3.05, 3.63) is 48.0 Å². The number of hydrogen-bond donors (Lipinski definition) is 1. The molecular weight excluding hydrogens is 242 g/mol. The fourth-order valence-electron chi connectivity index (χ4n) is 1.63. The number of aromatic nitrogens is 3. The zero-order valence-electron chi connectivity index (χ0n) is 10.4. The summed E-state index contributed by atoms with van der Waals surface area (Å²) < 4.78 is 1.49. The Kier molecular flexibility index (Phi) is 3.88. The Labute approximate surface area is 110 Å². The number of carbonyl (C=O) groups excluding carboxylic acids is 1. The van der Waals surface area contributed by atoms with Gasteiger partial charge in [0.05, 0.1) is 11.6 Å². The molecule has 1 N–H and O–H groups in total. The molecule has 1 heterocycles. The average molecular weight is 255 g/mol. The van der Waals surface area contributed by atoms with E-state index < -0.39 is 6.04 Å². The highest BCUT2D eigenvalue weighted by Crippen LogP contribution is 2.06. The number of hydrogen-bond acceptors (Lipinski definition) is 4. The molecule has 1 atom stereocenters. The Hall–Kier alpha value is -2.68. The molecule has 6 heteroatoms. The van der Waals surface area contributed by atoms with E-state index in [9.17, 15) is 4.79 Å². The minimum Gasteiger partial charge on any atom is -0.350 e. The summed E-state index contributed by atoms with van der Waals surface area (Å²) in [6, 6.07) is 8.78. The second-order valence-corrected chi connectivity index (χ2v) is 4.08. The van der Waals surface area contributed by atoms with Crippen molar-refractivity contribution in [2.45, 2.75) is 19.5 Å². The average Bonchev–Trinajstić information content (AvgIpc) is 2.98. The minimum absolute atomic E-state index is 0.145. The van der Waals surface area contributed by atoms with E-state index in [1.54, 1.807) is 25.1 Å². The van der Waals surface area contributed by atoms with Crippen LogP contribution in [0.4, 0.5) is 0 Å². The van der Waals surface area contributed by atoms with Gasteiger partial charge in [0, 0.05) is 6.54 Å². The fraction of sp³-hybridized carbons (Fsp3) is 0.231. The van der Waals surface area contributed by atoms with Crippen LogP contribution in [0, 0.1) is 11.3 Å². The number of benzene rings is 1. The van der Waals surface area contributed by atoms with Crippen LogP contribution < -0.4 is 5.32 Å². The topological polar surface area (TPSA) is 83.6 Å². The lowest BCUT2D eigenvalue weighted by Gasteiger charge is -2.12. The van der Waals surface area contributed by atoms with Crippen LogP contribution >= 0.6 is 0 Å². The maximum atomic E-state index is 11.9. The van der Waals surface area contributed by atoms with Gasteiger partial charge in [-0.2, -0.15) is 10.4 Å². The normalized spacial score (nSPS) is 11.6. The molecule has 1 aromatic heterocycles. The summed E-state index contributed by atoms with van der Waals surface area (Å²) in [6.45, 7) is 2.13.